The third-order valence-corrected chi connectivity index (χ3v) is 10.8. The molecule has 0 aromatic rings. The summed E-state index contributed by atoms with van der Waals surface area (Å²) in [5.74, 6) is -1.56. The summed E-state index contributed by atoms with van der Waals surface area (Å²) in [6.07, 6.45) is 2.13. The average Bonchev–Trinajstić information content (AvgIpc) is 3.04. The predicted octanol–water partition coefficient (Wildman–Crippen LogP) is 2.42. The van der Waals surface area contributed by atoms with Crippen LogP contribution in [-0.4, -0.2) is 72.4 Å². The summed E-state index contributed by atoms with van der Waals surface area (Å²) in [5.41, 5.74) is -4.45. The number of hydrogen-bond acceptors (Lipinski definition) is 8. The molecule has 210 valence electrons. The van der Waals surface area contributed by atoms with Crippen LogP contribution in [-0.2, 0) is 14.3 Å². The van der Waals surface area contributed by atoms with E-state index >= 15 is 0 Å². The van der Waals surface area contributed by atoms with Gasteiger partial charge in [0, 0.05) is 18.3 Å². The van der Waals surface area contributed by atoms with Crippen molar-refractivity contribution in [3.05, 3.63) is 11.6 Å². The standard InChI is InChI=1S/C29H46O8/c1-16(30)37-24(9-10-25(2,3)34)28(6,35)23-8-12-29(36)18-13-20(31)19-14-21(32)22(33)15-26(19,4)17(18)7-11-27(23,29)5/h13,17,19,21-24,32-36H,7-12,14-15H2,1-6H3/t17-,19-,21+,22-,23-,24-,26+,27+,28+,29+/m0/s1. The van der Waals surface area contributed by atoms with Crippen molar-refractivity contribution in [1.29, 1.82) is 0 Å². The molecule has 0 aromatic heterocycles. The normalized spacial score (nSPS) is 44.1. The van der Waals surface area contributed by atoms with Crippen LogP contribution < -0.4 is 0 Å². The Balaban J connectivity index is 1.69. The number of esters is 1. The molecule has 0 aliphatic heterocycles. The molecule has 0 bridgehead atoms. The summed E-state index contributed by atoms with van der Waals surface area (Å²) in [5, 5.41) is 55.4. The Hall–Kier alpha value is -1.32. The Bertz CT molecular complexity index is 965. The highest BCUT2D eigenvalue weighted by atomic mass is 16.6. The molecule has 8 nitrogen and oxygen atoms in total. The second-order valence-electron chi connectivity index (χ2n) is 13.8. The number of ether oxygens (including phenoxy) is 1. The van der Waals surface area contributed by atoms with Gasteiger partial charge >= 0.3 is 5.97 Å². The number of aliphatic hydroxyl groups is 5. The van der Waals surface area contributed by atoms with E-state index in [-0.39, 0.29) is 24.5 Å². The van der Waals surface area contributed by atoms with E-state index < -0.39 is 63.8 Å². The molecule has 0 saturated heterocycles. The Morgan fingerprint density at radius 2 is 1.76 bits per heavy atom. The number of rotatable bonds is 6. The quantitative estimate of drug-likeness (QED) is 0.335. The fourth-order valence-corrected chi connectivity index (χ4v) is 8.69. The summed E-state index contributed by atoms with van der Waals surface area (Å²) in [7, 11) is 0. The first kappa shape index (κ1) is 28.7. The lowest BCUT2D eigenvalue weighted by Gasteiger charge is -2.60. The first-order valence-electron chi connectivity index (χ1n) is 13.8. The zero-order valence-electron chi connectivity index (χ0n) is 23.2. The molecule has 4 aliphatic carbocycles. The smallest absolute Gasteiger partial charge is 0.303 e. The third-order valence-electron chi connectivity index (χ3n) is 10.8. The molecule has 4 rings (SSSR count). The molecule has 0 aromatic carbocycles. The first-order valence-corrected chi connectivity index (χ1v) is 13.8. The van der Waals surface area contributed by atoms with E-state index in [4.69, 9.17) is 4.74 Å². The SMILES string of the molecule is CC(=O)O[C@@H](CCC(C)(C)O)[C@](C)(O)[C@H]1CC[C@@]2(O)C3=CC(=O)[C@@H]4C[C@@H](O)[C@@H](O)C[C@]4(C)[C@H]3CC[C@]12C. The van der Waals surface area contributed by atoms with E-state index in [0.717, 1.165) is 0 Å². The van der Waals surface area contributed by atoms with Crippen molar-refractivity contribution < 1.29 is 39.9 Å². The Labute approximate surface area is 220 Å². The van der Waals surface area contributed by atoms with Crippen LogP contribution in [0.5, 0.6) is 0 Å². The average molecular weight is 523 g/mol. The molecule has 4 aliphatic rings. The summed E-state index contributed by atoms with van der Waals surface area (Å²) < 4.78 is 5.61. The van der Waals surface area contributed by atoms with E-state index in [1.165, 1.54) is 6.92 Å². The van der Waals surface area contributed by atoms with Gasteiger partial charge in [0.15, 0.2) is 5.78 Å². The Kier molecular flexibility index (Phi) is 7.07. The van der Waals surface area contributed by atoms with E-state index in [9.17, 15) is 35.1 Å². The van der Waals surface area contributed by atoms with Crippen LogP contribution in [0.2, 0.25) is 0 Å². The van der Waals surface area contributed by atoms with Gasteiger partial charge in [-0.3, -0.25) is 9.59 Å². The van der Waals surface area contributed by atoms with Crippen molar-refractivity contribution in [3.63, 3.8) is 0 Å². The van der Waals surface area contributed by atoms with Crippen molar-refractivity contribution in [3.8, 4) is 0 Å². The van der Waals surface area contributed by atoms with Crippen LogP contribution in [0.4, 0.5) is 0 Å². The van der Waals surface area contributed by atoms with Crippen LogP contribution in [0.25, 0.3) is 0 Å². The topological polar surface area (TPSA) is 145 Å². The molecule has 0 heterocycles. The number of carbonyl (C=O) groups excluding carboxylic acids is 2. The zero-order chi connectivity index (χ0) is 27.8. The summed E-state index contributed by atoms with van der Waals surface area (Å²) in [6, 6.07) is 0. The number of ketones is 1. The highest BCUT2D eigenvalue weighted by molar-refractivity contribution is 5.95. The van der Waals surface area contributed by atoms with E-state index in [0.29, 0.717) is 44.1 Å². The molecule has 0 radical (unpaired) electrons. The van der Waals surface area contributed by atoms with E-state index in [1.54, 1.807) is 26.8 Å². The molecule has 8 heteroatoms. The molecule has 0 amide bonds. The van der Waals surface area contributed by atoms with Gasteiger partial charge in [-0.25, -0.2) is 0 Å². The predicted molar refractivity (Wildman–Crippen MR) is 136 cm³/mol. The second kappa shape index (κ2) is 9.12. The van der Waals surface area contributed by atoms with Crippen molar-refractivity contribution in [1.82, 2.24) is 0 Å². The minimum absolute atomic E-state index is 0.112. The number of fused-ring (bicyclic) bond motifs is 5. The third kappa shape index (κ3) is 4.50. The van der Waals surface area contributed by atoms with Gasteiger partial charge in [-0.1, -0.05) is 13.8 Å². The van der Waals surface area contributed by atoms with Gasteiger partial charge in [-0.05, 0) is 101 Å². The van der Waals surface area contributed by atoms with Gasteiger partial charge in [-0.2, -0.15) is 0 Å². The lowest BCUT2D eigenvalue weighted by Crippen LogP contribution is -2.63. The summed E-state index contributed by atoms with van der Waals surface area (Å²) in [4.78, 5) is 25.3. The van der Waals surface area contributed by atoms with Gasteiger partial charge in [0.1, 0.15) is 11.7 Å². The number of allylic oxidation sites excluding steroid dienone is 1. The van der Waals surface area contributed by atoms with Crippen LogP contribution >= 0.6 is 0 Å². The number of carbonyl (C=O) groups is 2. The van der Waals surface area contributed by atoms with Crippen LogP contribution in [0, 0.1) is 28.6 Å². The largest absolute Gasteiger partial charge is 0.459 e. The van der Waals surface area contributed by atoms with E-state index in [1.807, 2.05) is 13.8 Å². The fraction of sp³-hybridized carbons (Fsp3) is 0.862. The molecule has 10 atom stereocenters. The highest BCUT2D eigenvalue weighted by Crippen LogP contribution is 2.68. The van der Waals surface area contributed by atoms with Gasteiger partial charge in [0.2, 0.25) is 0 Å². The van der Waals surface area contributed by atoms with Gasteiger partial charge < -0.3 is 30.3 Å². The van der Waals surface area contributed by atoms with Crippen LogP contribution in [0.15, 0.2) is 11.6 Å². The van der Waals surface area contributed by atoms with Crippen molar-refractivity contribution in [2.45, 2.75) is 128 Å². The van der Waals surface area contributed by atoms with Crippen molar-refractivity contribution >= 4 is 11.8 Å². The van der Waals surface area contributed by atoms with Gasteiger partial charge in [-0.15, -0.1) is 0 Å². The lowest BCUT2D eigenvalue weighted by molar-refractivity contribution is -0.192. The lowest BCUT2D eigenvalue weighted by atomic mass is 9.45. The maximum Gasteiger partial charge on any atom is 0.303 e. The van der Waals surface area contributed by atoms with Crippen molar-refractivity contribution in [2.75, 3.05) is 0 Å². The molecule has 37 heavy (non-hydrogen) atoms. The summed E-state index contributed by atoms with van der Waals surface area (Å²) in [6.45, 7) is 10.3. The monoisotopic (exact) mass is 522 g/mol. The molecule has 3 fully saturated rings. The second-order valence-corrected chi connectivity index (χ2v) is 13.8. The zero-order valence-corrected chi connectivity index (χ0v) is 23.2. The van der Waals surface area contributed by atoms with Gasteiger partial charge in [0.25, 0.3) is 0 Å². The molecule has 0 spiro atoms. The minimum Gasteiger partial charge on any atom is -0.459 e. The van der Waals surface area contributed by atoms with Crippen LogP contribution in [0.1, 0.15) is 92.9 Å². The Morgan fingerprint density at radius 1 is 1.11 bits per heavy atom. The van der Waals surface area contributed by atoms with Crippen molar-refractivity contribution in [2.24, 2.45) is 28.6 Å². The minimum atomic E-state index is -1.47. The summed E-state index contributed by atoms with van der Waals surface area (Å²) >= 11 is 0. The maximum atomic E-state index is 13.4. The molecule has 0 unspecified atom stereocenters. The highest BCUT2D eigenvalue weighted by Gasteiger charge is 2.69. The molecule has 5 N–H and O–H groups in total. The van der Waals surface area contributed by atoms with Crippen LogP contribution in [0.3, 0.4) is 0 Å². The molecular weight excluding hydrogens is 476 g/mol. The first-order chi connectivity index (χ1) is 16.9. The fourth-order valence-electron chi connectivity index (χ4n) is 8.69. The number of aliphatic hydroxyl groups excluding tert-OH is 2. The molecule has 3 saturated carbocycles. The Morgan fingerprint density at radius 3 is 2.35 bits per heavy atom. The number of hydrogen-bond donors (Lipinski definition) is 5. The van der Waals surface area contributed by atoms with E-state index in [2.05, 4.69) is 0 Å². The molecular formula is C29H46O8. The maximum absolute atomic E-state index is 13.4. The van der Waals surface area contributed by atoms with Gasteiger partial charge in [0.05, 0.1) is 23.4 Å².